The van der Waals surface area contributed by atoms with Gasteiger partial charge >= 0.3 is 6.03 Å². The second-order valence-electron chi connectivity index (χ2n) is 7.01. The van der Waals surface area contributed by atoms with Gasteiger partial charge in [-0.25, -0.2) is 4.79 Å². The molecule has 2 aliphatic rings. The number of aryl methyl sites for hydroxylation is 1. The topological polar surface area (TPSA) is 60.9 Å². The van der Waals surface area contributed by atoms with E-state index in [9.17, 15) is 14.4 Å². The fraction of sp³-hybridized carbons (Fsp3) is 0.286. The number of benzene rings is 2. The number of hydrogen-bond acceptors (Lipinski definition) is 3. The van der Waals surface area contributed by atoms with E-state index in [0.717, 1.165) is 28.1 Å². The Morgan fingerprint density at radius 2 is 1.78 bits per heavy atom. The highest BCUT2D eigenvalue weighted by molar-refractivity contribution is 6.16. The second-order valence-corrected chi connectivity index (χ2v) is 7.01. The summed E-state index contributed by atoms with van der Waals surface area (Å²) in [6.07, 6.45) is 0.787. The van der Waals surface area contributed by atoms with Crippen molar-refractivity contribution in [2.24, 2.45) is 0 Å². The number of urea groups is 1. The average Bonchev–Trinajstić information content (AvgIpc) is 3.18. The molecule has 0 radical (unpaired) electrons. The van der Waals surface area contributed by atoms with Crippen LogP contribution in [0.4, 0.5) is 16.2 Å². The summed E-state index contributed by atoms with van der Waals surface area (Å²) in [6.45, 7) is 3.99. The molecule has 27 heavy (non-hydrogen) atoms. The molecule has 0 bridgehead atoms. The summed E-state index contributed by atoms with van der Waals surface area (Å²) in [6, 6.07) is 14.1. The summed E-state index contributed by atoms with van der Waals surface area (Å²) in [7, 11) is 0. The maximum absolute atomic E-state index is 12.9. The molecule has 1 atom stereocenters. The number of para-hydroxylation sites is 1. The van der Waals surface area contributed by atoms with E-state index in [-0.39, 0.29) is 18.4 Å². The molecule has 6 heteroatoms. The van der Waals surface area contributed by atoms with Crippen molar-refractivity contribution in [2.45, 2.75) is 26.3 Å². The molecule has 0 unspecified atom stereocenters. The van der Waals surface area contributed by atoms with Crippen molar-refractivity contribution in [3.05, 3.63) is 59.7 Å². The Morgan fingerprint density at radius 3 is 2.52 bits per heavy atom. The van der Waals surface area contributed by atoms with E-state index in [1.165, 1.54) is 4.90 Å². The van der Waals surface area contributed by atoms with Crippen LogP contribution in [0.25, 0.3) is 0 Å². The lowest BCUT2D eigenvalue weighted by Gasteiger charge is -2.21. The van der Waals surface area contributed by atoms with Crippen molar-refractivity contribution in [3.8, 4) is 0 Å². The zero-order chi connectivity index (χ0) is 19.1. The van der Waals surface area contributed by atoms with E-state index in [2.05, 4.69) is 0 Å². The molecular formula is C21H21N3O3. The highest BCUT2D eigenvalue weighted by atomic mass is 16.2. The Hall–Kier alpha value is -3.15. The quantitative estimate of drug-likeness (QED) is 0.788. The van der Waals surface area contributed by atoms with Gasteiger partial charge in [0, 0.05) is 17.9 Å². The first-order valence-electron chi connectivity index (χ1n) is 9.07. The van der Waals surface area contributed by atoms with Gasteiger partial charge in [0.15, 0.2) is 0 Å². The van der Waals surface area contributed by atoms with Crippen molar-refractivity contribution in [1.29, 1.82) is 0 Å². The molecular weight excluding hydrogens is 342 g/mol. The van der Waals surface area contributed by atoms with Crippen molar-refractivity contribution in [3.63, 3.8) is 0 Å². The summed E-state index contributed by atoms with van der Waals surface area (Å²) in [5.41, 5.74) is 3.71. The third-order valence-corrected chi connectivity index (χ3v) is 5.24. The number of nitrogens with zero attached hydrogens (tertiary/aromatic N) is 3. The number of anilines is 2. The fourth-order valence-corrected chi connectivity index (χ4v) is 3.73. The SMILES string of the molecule is Cc1ccc(N2C(=O)N(CC(=O)N3CCc4ccccc43)C(=O)[C@@H]2C)cc1. The van der Waals surface area contributed by atoms with Crippen molar-refractivity contribution < 1.29 is 14.4 Å². The highest BCUT2D eigenvalue weighted by Gasteiger charge is 2.44. The van der Waals surface area contributed by atoms with Gasteiger partial charge in [-0.05, 0) is 44.0 Å². The number of rotatable bonds is 3. The van der Waals surface area contributed by atoms with Gasteiger partial charge in [0.05, 0.1) is 0 Å². The molecule has 0 aromatic heterocycles. The van der Waals surface area contributed by atoms with Crippen molar-refractivity contribution in [2.75, 3.05) is 22.9 Å². The van der Waals surface area contributed by atoms with Gasteiger partial charge < -0.3 is 4.90 Å². The lowest BCUT2D eigenvalue weighted by molar-refractivity contribution is -0.131. The maximum Gasteiger partial charge on any atom is 0.332 e. The van der Waals surface area contributed by atoms with Gasteiger partial charge in [0.25, 0.3) is 5.91 Å². The minimum Gasteiger partial charge on any atom is -0.310 e. The van der Waals surface area contributed by atoms with Crippen LogP contribution in [0.2, 0.25) is 0 Å². The number of imide groups is 1. The van der Waals surface area contributed by atoms with E-state index in [4.69, 9.17) is 0 Å². The summed E-state index contributed by atoms with van der Waals surface area (Å²) in [5, 5.41) is 0. The van der Waals surface area contributed by atoms with Crippen molar-refractivity contribution in [1.82, 2.24) is 4.90 Å². The summed E-state index contributed by atoms with van der Waals surface area (Å²) >= 11 is 0. The lowest BCUT2D eigenvalue weighted by atomic mass is 10.2. The summed E-state index contributed by atoms with van der Waals surface area (Å²) < 4.78 is 0. The van der Waals surface area contributed by atoms with E-state index in [1.54, 1.807) is 11.8 Å². The van der Waals surface area contributed by atoms with Crippen LogP contribution < -0.4 is 9.80 Å². The molecule has 6 nitrogen and oxygen atoms in total. The first-order valence-corrected chi connectivity index (χ1v) is 9.07. The molecule has 4 amide bonds. The Labute approximate surface area is 158 Å². The molecule has 0 saturated carbocycles. The third-order valence-electron chi connectivity index (χ3n) is 5.24. The fourth-order valence-electron chi connectivity index (χ4n) is 3.73. The molecule has 0 spiro atoms. The largest absolute Gasteiger partial charge is 0.332 e. The predicted molar refractivity (Wildman–Crippen MR) is 103 cm³/mol. The Morgan fingerprint density at radius 1 is 1.07 bits per heavy atom. The van der Waals surface area contributed by atoms with Crippen LogP contribution in [0.5, 0.6) is 0 Å². The van der Waals surface area contributed by atoms with Gasteiger partial charge in [0.2, 0.25) is 5.91 Å². The summed E-state index contributed by atoms with van der Waals surface area (Å²) in [5.74, 6) is -0.582. The monoisotopic (exact) mass is 363 g/mol. The Bertz CT molecular complexity index is 923. The van der Waals surface area contributed by atoms with Crippen LogP contribution in [-0.4, -0.2) is 41.9 Å². The maximum atomic E-state index is 12.9. The number of fused-ring (bicyclic) bond motifs is 1. The molecule has 1 fully saturated rings. The third kappa shape index (κ3) is 2.87. The molecule has 0 aliphatic carbocycles. The number of carbonyl (C=O) groups is 3. The van der Waals surface area contributed by atoms with Gasteiger partial charge in [-0.2, -0.15) is 0 Å². The number of carbonyl (C=O) groups excluding carboxylic acids is 3. The van der Waals surface area contributed by atoms with Gasteiger partial charge in [0.1, 0.15) is 12.6 Å². The molecule has 2 aromatic carbocycles. The van der Waals surface area contributed by atoms with Crippen LogP contribution in [0, 0.1) is 6.92 Å². The average molecular weight is 363 g/mol. The van der Waals surface area contributed by atoms with Gasteiger partial charge in [-0.1, -0.05) is 35.9 Å². The Balaban J connectivity index is 1.54. The minimum atomic E-state index is -0.626. The highest BCUT2D eigenvalue weighted by Crippen LogP contribution is 2.29. The summed E-state index contributed by atoms with van der Waals surface area (Å²) in [4.78, 5) is 42.5. The number of hydrogen-bond donors (Lipinski definition) is 0. The first kappa shape index (κ1) is 17.3. The van der Waals surface area contributed by atoms with E-state index in [0.29, 0.717) is 12.2 Å². The van der Waals surface area contributed by atoms with E-state index >= 15 is 0 Å². The molecule has 4 rings (SSSR count). The second kappa shape index (κ2) is 6.54. The van der Waals surface area contributed by atoms with E-state index < -0.39 is 12.1 Å². The molecule has 0 N–H and O–H groups in total. The molecule has 2 aliphatic heterocycles. The van der Waals surface area contributed by atoms with Gasteiger partial charge in [-0.15, -0.1) is 0 Å². The van der Waals surface area contributed by atoms with Crippen molar-refractivity contribution >= 4 is 29.2 Å². The Kier molecular flexibility index (Phi) is 4.18. The number of amides is 4. The van der Waals surface area contributed by atoms with Crippen LogP contribution in [0.15, 0.2) is 48.5 Å². The standard InChI is InChI=1S/C21H21N3O3/c1-14-7-9-17(10-8-14)24-15(2)20(26)23(21(24)27)13-19(25)22-12-11-16-5-3-4-6-18(16)22/h3-10,15H,11-13H2,1-2H3/t15-/m0/s1. The van der Waals surface area contributed by atoms with Gasteiger partial charge in [-0.3, -0.25) is 19.4 Å². The molecule has 2 heterocycles. The van der Waals surface area contributed by atoms with Crippen LogP contribution in [0.3, 0.4) is 0 Å². The molecule has 2 aromatic rings. The zero-order valence-electron chi connectivity index (χ0n) is 15.4. The van der Waals surface area contributed by atoms with E-state index in [1.807, 2.05) is 55.5 Å². The predicted octanol–water partition coefficient (Wildman–Crippen LogP) is 2.74. The van der Waals surface area contributed by atoms with Crippen LogP contribution in [-0.2, 0) is 16.0 Å². The minimum absolute atomic E-state index is 0.236. The smallest absolute Gasteiger partial charge is 0.310 e. The van der Waals surface area contributed by atoms with Crippen LogP contribution in [0.1, 0.15) is 18.1 Å². The van der Waals surface area contributed by atoms with Crippen LogP contribution >= 0.6 is 0 Å². The normalized spacial score (nSPS) is 19.0. The first-order chi connectivity index (χ1) is 13.0. The molecule has 1 saturated heterocycles. The lowest BCUT2D eigenvalue weighted by Crippen LogP contribution is -2.43. The zero-order valence-corrected chi connectivity index (χ0v) is 15.4. The molecule has 138 valence electrons.